The van der Waals surface area contributed by atoms with Crippen molar-refractivity contribution < 1.29 is 0 Å². The van der Waals surface area contributed by atoms with Crippen LogP contribution in [0.4, 0.5) is 0 Å². The molecule has 0 amide bonds. The molecule has 0 atom stereocenters. The van der Waals surface area contributed by atoms with Crippen LogP contribution < -0.4 is 0 Å². The molecule has 17 heavy (non-hydrogen) atoms. The summed E-state index contributed by atoms with van der Waals surface area (Å²) in [4.78, 5) is 4.39. The van der Waals surface area contributed by atoms with Crippen molar-refractivity contribution in [2.24, 2.45) is 0 Å². The summed E-state index contributed by atoms with van der Waals surface area (Å²) in [5, 5.41) is 4.44. The monoisotopic (exact) mass is 231 g/mol. The van der Waals surface area contributed by atoms with Gasteiger partial charge in [-0.3, -0.25) is 0 Å². The quantitative estimate of drug-likeness (QED) is 0.696. The van der Waals surface area contributed by atoms with Crippen LogP contribution in [0.1, 0.15) is 52.8 Å². The van der Waals surface area contributed by atoms with Crippen molar-refractivity contribution in [2.75, 3.05) is 0 Å². The molecular formula is C14H21N3. The molecule has 0 saturated heterocycles. The lowest BCUT2D eigenvalue weighted by Crippen LogP contribution is -2.23. The third kappa shape index (κ3) is 2.06. The van der Waals surface area contributed by atoms with Crippen molar-refractivity contribution in [3.8, 4) is 0 Å². The number of aromatic nitrogens is 3. The molecule has 2 heterocycles. The highest BCUT2D eigenvalue weighted by Gasteiger charge is 2.29. The standard InChI is InChI=1S/C14H21N3/c1-13(2,3)10-9-11-15-7-8-16-17(11)12(10)14(4,5)6/h7-9H,1-6H3. The molecular weight excluding hydrogens is 210 g/mol. The fraction of sp³-hybridized carbons (Fsp3) is 0.571. The molecule has 0 fully saturated rings. The maximum atomic E-state index is 4.44. The SMILES string of the molecule is CC(C)(C)c1cc2nccnn2c1C(C)(C)C. The van der Waals surface area contributed by atoms with Crippen molar-refractivity contribution in [3.05, 3.63) is 29.7 Å². The van der Waals surface area contributed by atoms with Gasteiger partial charge in [0.15, 0.2) is 5.65 Å². The molecule has 0 aromatic carbocycles. The third-order valence-electron chi connectivity index (χ3n) is 2.93. The van der Waals surface area contributed by atoms with Gasteiger partial charge >= 0.3 is 0 Å². The predicted molar refractivity (Wildman–Crippen MR) is 70.4 cm³/mol. The molecule has 0 N–H and O–H groups in total. The first-order valence-electron chi connectivity index (χ1n) is 6.05. The highest BCUT2D eigenvalue weighted by atomic mass is 15.3. The molecule has 0 spiro atoms. The lowest BCUT2D eigenvalue weighted by atomic mass is 9.80. The maximum Gasteiger partial charge on any atom is 0.154 e. The van der Waals surface area contributed by atoms with E-state index < -0.39 is 0 Å². The Bertz CT molecular complexity index is 539. The van der Waals surface area contributed by atoms with E-state index in [0.717, 1.165) is 5.65 Å². The van der Waals surface area contributed by atoms with Gasteiger partial charge in [0.1, 0.15) is 0 Å². The van der Waals surface area contributed by atoms with Gasteiger partial charge in [-0.05, 0) is 17.0 Å². The van der Waals surface area contributed by atoms with Gasteiger partial charge in [0.05, 0.1) is 11.9 Å². The molecule has 0 aliphatic rings. The van der Waals surface area contributed by atoms with E-state index in [1.54, 1.807) is 12.4 Å². The summed E-state index contributed by atoms with van der Waals surface area (Å²) in [7, 11) is 0. The molecule has 2 aromatic rings. The molecule has 92 valence electrons. The first kappa shape index (κ1) is 12.1. The van der Waals surface area contributed by atoms with Gasteiger partial charge in [0.2, 0.25) is 0 Å². The molecule has 0 radical (unpaired) electrons. The van der Waals surface area contributed by atoms with Crippen LogP contribution in [0.25, 0.3) is 5.65 Å². The van der Waals surface area contributed by atoms with Crippen LogP contribution in [-0.4, -0.2) is 14.6 Å². The van der Waals surface area contributed by atoms with Gasteiger partial charge in [0, 0.05) is 11.6 Å². The highest BCUT2D eigenvalue weighted by Crippen LogP contribution is 2.35. The molecule has 2 rings (SSSR count). The van der Waals surface area contributed by atoms with Gasteiger partial charge in [-0.2, -0.15) is 5.10 Å². The number of hydrogen-bond acceptors (Lipinski definition) is 2. The van der Waals surface area contributed by atoms with Crippen molar-refractivity contribution in [3.63, 3.8) is 0 Å². The van der Waals surface area contributed by atoms with E-state index in [4.69, 9.17) is 0 Å². The zero-order valence-corrected chi connectivity index (χ0v) is 11.6. The first-order chi connectivity index (χ1) is 7.71. The van der Waals surface area contributed by atoms with E-state index in [2.05, 4.69) is 57.7 Å². The average Bonchev–Trinajstić information content (AvgIpc) is 2.54. The van der Waals surface area contributed by atoms with Crippen LogP contribution >= 0.6 is 0 Å². The normalized spacial score (nSPS) is 13.3. The minimum Gasteiger partial charge on any atom is -0.235 e. The molecule has 0 unspecified atom stereocenters. The summed E-state index contributed by atoms with van der Waals surface area (Å²) in [5.74, 6) is 0. The average molecular weight is 231 g/mol. The predicted octanol–water partition coefficient (Wildman–Crippen LogP) is 3.32. The topological polar surface area (TPSA) is 30.2 Å². The fourth-order valence-electron chi connectivity index (χ4n) is 2.20. The van der Waals surface area contributed by atoms with Crippen LogP contribution in [0, 0.1) is 0 Å². The first-order valence-corrected chi connectivity index (χ1v) is 6.05. The minimum atomic E-state index is 0.0606. The van der Waals surface area contributed by atoms with Crippen molar-refractivity contribution in [1.29, 1.82) is 0 Å². The van der Waals surface area contributed by atoms with Gasteiger partial charge in [-0.25, -0.2) is 9.50 Å². The van der Waals surface area contributed by atoms with Crippen molar-refractivity contribution >= 4 is 5.65 Å². The summed E-state index contributed by atoms with van der Waals surface area (Å²) in [6.45, 7) is 13.4. The molecule has 0 aliphatic carbocycles. The van der Waals surface area contributed by atoms with Crippen LogP contribution in [0.15, 0.2) is 18.5 Å². The van der Waals surface area contributed by atoms with E-state index in [0.29, 0.717) is 0 Å². The number of fused-ring (bicyclic) bond motifs is 1. The Balaban J connectivity index is 2.84. The Morgan fingerprint density at radius 1 is 0.941 bits per heavy atom. The van der Waals surface area contributed by atoms with Crippen LogP contribution in [0.3, 0.4) is 0 Å². The Hall–Kier alpha value is -1.38. The summed E-state index contributed by atoms with van der Waals surface area (Å²) in [5.41, 5.74) is 3.69. The second kappa shape index (κ2) is 3.56. The molecule has 2 aromatic heterocycles. The van der Waals surface area contributed by atoms with Crippen LogP contribution in [0.5, 0.6) is 0 Å². The zero-order valence-electron chi connectivity index (χ0n) is 11.6. The summed E-state index contributed by atoms with van der Waals surface area (Å²) >= 11 is 0. The molecule has 0 saturated carbocycles. The van der Waals surface area contributed by atoms with E-state index in [9.17, 15) is 0 Å². The fourth-order valence-corrected chi connectivity index (χ4v) is 2.20. The Morgan fingerprint density at radius 2 is 1.59 bits per heavy atom. The van der Waals surface area contributed by atoms with Crippen molar-refractivity contribution in [2.45, 2.75) is 52.4 Å². The highest BCUT2D eigenvalue weighted by molar-refractivity contribution is 5.50. The molecule has 0 aliphatic heterocycles. The van der Waals surface area contributed by atoms with E-state index in [1.165, 1.54) is 11.3 Å². The zero-order chi connectivity index (χ0) is 12.8. The molecule has 3 nitrogen and oxygen atoms in total. The Labute approximate surface area is 103 Å². The third-order valence-corrected chi connectivity index (χ3v) is 2.93. The van der Waals surface area contributed by atoms with E-state index >= 15 is 0 Å². The van der Waals surface area contributed by atoms with E-state index in [1.807, 2.05) is 4.52 Å². The minimum absolute atomic E-state index is 0.0606. The van der Waals surface area contributed by atoms with Gasteiger partial charge in [0.25, 0.3) is 0 Å². The smallest absolute Gasteiger partial charge is 0.154 e. The maximum absolute atomic E-state index is 4.44. The summed E-state index contributed by atoms with van der Waals surface area (Å²) in [6.07, 6.45) is 3.49. The lowest BCUT2D eigenvalue weighted by Gasteiger charge is -2.26. The molecule has 3 heteroatoms. The van der Waals surface area contributed by atoms with Crippen LogP contribution in [0.2, 0.25) is 0 Å². The van der Waals surface area contributed by atoms with Gasteiger partial charge in [-0.15, -0.1) is 0 Å². The number of nitrogens with zero attached hydrogens (tertiary/aromatic N) is 3. The number of hydrogen-bond donors (Lipinski definition) is 0. The summed E-state index contributed by atoms with van der Waals surface area (Å²) < 4.78 is 1.97. The Morgan fingerprint density at radius 3 is 2.12 bits per heavy atom. The summed E-state index contributed by atoms with van der Waals surface area (Å²) in [6, 6.07) is 2.16. The van der Waals surface area contributed by atoms with Crippen molar-refractivity contribution in [1.82, 2.24) is 14.6 Å². The Kier molecular flexibility index (Phi) is 2.53. The van der Waals surface area contributed by atoms with Gasteiger partial charge < -0.3 is 0 Å². The van der Waals surface area contributed by atoms with E-state index in [-0.39, 0.29) is 10.8 Å². The van der Waals surface area contributed by atoms with Crippen LogP contribution in [-0.2, 0) is 10.8 Å². The lowest BCUT2D eigenvalue weighted by molar-refractivity contribution is 0.506. The second-order valence-corrected chi connectivity index (χ2v) is 6.62. The second-order valence-electron chi connectivity index (χ2n) is 6.62. The van der Waals surface area contributed by atoms with Gasteiger partial charge in [-0.1, -0.05) is 41.5 Å². The molecule has 0 bridgehead atoms. The number of rotatable bonds is 0. The largest absolute Gasteiger partial charge is 0.235 e.